The van der Waals surface area contributed by atoms with Gasteiger partial charge in [0, 0.05) is 0 Å². The van der Waals surface area contributed by atoms with Crippen LogP contribution < -0.4 is 0 Å². The predicted octanol–water partition coefficient (Wildman–Crippen LogP) is 2.73. The number of rotatable bonds is 0. The highest BCUT2D eigenvalue weighted by Crippen LogP contribution is 2.69. The Kier molecular flexibility index (Phi) is 1.47. The summed E-state index contributed by atoms with van der Waals surface area (Å²) in [5.74, 6) is 1.64. The van der Waals surface area contributed by atoms with E-state index in [1.54, 1.807) is 0 Å². The normalized spacial score (nSPS) is 59.5. The van der Waals surface area contributed by atoms with Gasteiger partial charge < -0.3 is 5.11 Å². The summed E-state index contributed by atoms with van der Waals surface area (Å²) in [7, 11) is 0. The molecule has 1 nitrogen and oxygen atoms in total. The van der Waals surface area contributed by atoms with E-state index in [4.69, 9.17) is 0 Å². The van der Waals surface area contributed by atoms with Gasteiger partial charge in [-0.05, 0) is 56.3 Å². The van der Waals surface area contributed by atoms with Gasteiger partial charge in [-0.25, -0.2) is 0 Å². The summed E-state index contributed by atoms with van der Waals surface area (Å²) in [4.78, 5) is 0. The topological polar surface area (TPSA) is 20.2 Å². The lowest BCUT2D eigenvalue weighted by molar-refractivity contribution is -0.193. The monoisotopic (exact) mass is 180 g/mol. The standard InChI is InChI=1S/C12H20O/c1-11(13)8-12-7-3-2-4-9(12)5-6-10(11)12/h9-10,13H,2-8H2,1H3. The van der Waals surface area contributed by atoms with Crippen LogP contribution in [-0.2, 0) is 0 Å². The molecule has 13 heavy (non-hydrogen) atoms. The van der Waals surface area contributed by atoms with Crippen molar-refractivity contribution >= 4 is 0 Å². The molecule has 0 aliphatic heterocycles. The van der Waals surface area contributed by atoms with Gasteiger partial charge in [-0.2, -0.15) is 0 Å². The highest BCUT2D eigenvalue weighted by atomic mass is 16.3. The predicted molar refractivity (Wildman–Crippen MR) is 52.4 cm³/mol. The lowest BCUT2D eigenvalue weighted by atomic mass is 9.47. The van der Waals surface area contributed by atoms with Gasteiger partial charge in [-0.15, -0.1) is 0 Å². The van der Waals surface area contributed by atoms with E-state index >= 15 is 0 Å². The molecule has 3 fully saturated rings. The first kappa shape index (κ1) is 8.28. The summed E-state index contributed by atoms with van der Waals surface area (Å²) >= 11 is 0. The Morgan fingerprint density at radius 1 is 1.15 bits per heavy atom. The van der Waals surface area contributed by atoms with Crippen molar-refractivity contribution in [3.63, 3.8) is 0 Å². The van der Waals surface area contributed by atoms with E-state index in [1.807, 2.05) is 0 Å². The van der Waals surface area contributed by atoms with Crippen molar-refractivity contribution in [2.45, 2.75) is 57.5 Å². The molecule has 0 radical (unpaired) electrons. The Morgan fingerprint density at radius 3 is 2.77 bits per heavy atom. The maximum absolute atomic E-state index is 10.1. The first-order valence-electron chi connectivity index (χ1n) is 5.88. The molecule has 4 unspecified atom stereocenters. The van der Waals surface area contributed by atoms with Crippen LogP contribution in [0.15, 0.2) is 0 Å². The molecule has 3 aliphatic rings. The molecule has 0 saturated heterocycles. The van der Waals surface area contributed by atoms with Crippen molar-refractivity contribution < 1.29 is 5.11 Å². The minimum absolute atomic E-state index is 0.300. The zero-order chi connectivity index (χ0) is 9.10. The second-order valence-corrected chi connectivity index (χ2v) is 5.84. The van der Waals surface area contributed by atoms with Gasteiger partial charge in [-0.3, -0.25) is 0 Å². The quantitative estimate of drug-likeness (QED) is 0.607. The number of hydrogen-bond acceptors (Lipinski definition) is 1. The van der Waals surface area contributed by atoms with Crippen LogP contribution in [-0.4, -0.2) is 10.7 Å². The summed E-state index contributed by atoms with van der Waals surface area (Å²) in [5.41, 5.74) is 0.313. The van der Waals surface area contributed by atoms with E-state index in [0.29, 0.717) is 11.3 Å². The number of aliphatic hydroxyl groups is 1. The minimum atomic E-state index is -0.300. The van der Waals surface area contributed by atoms with Gasteiger partial charge in [0.15, 0.2) is 0 Å². The van der Waals surface area contributed by atoms with Crippen molar-refractivity contribution in [2.24, 2.45) is 17.3 Å². The highest BCUT2D eigenvalue weighted by molar-refractivity contribution is 5.15. The smallest absolute Gasteiger partial charge is 0.0658 e. The van der Waals surface area contributed by atoms with Crippen molar-refractivity contribution in [1.29, 1.82) is 0 Å². The van der Waals surface area contributed by atoms with Crippen LogP contribution in [0.2, 0.25) is 0 Å². The summed E-state index contributed by atoms with van der Waals surface area (Å²) in [6.07, 6.45) is 9.54. The minimum Gasteiger partial charge on any atom is -0.390 e. The third-order valence-corrected chi connectivity index (χ3v) is 5.19. The fraction of sp³-hybridized carbons (Fsp3) is 1.00. The van der Waals surface area contributed by atoms with Crippen LogP contribution >= 0.6 is 0 Å². The van der Waals surface area contributed by atoms with Crippen LogP contribution in [0.4, 0.5) is 0 Å². The molecule has 1 N–H and O–H groups in total. The fourth-order valence-electron chi connectivity index (χ4n) is 4.83. The number of hydrogen-bond donors (Lipinski definition) is 1. The zero-order valence-corrected chi connectivity index (χ0v) is 8.55. The van der Waals surface area contributed by atoms with Gasteiger partial charge in [0.25, 0.3) is 0 Å². The van der Waals surface area contributed by atoms with E-state index in [2.05, 4.69) is 6.92 Å². The highest BCUT2D eigenvalue weighted by Gasteiger charge is 2.65. The molecular formula is C12H20O. The molecule has 4 atom stereocenters. The summed E-state index contributed by atoms with van der Waals surface area (Å²) in [5, 5.41) is 10.1. The molecule has 0 aromatic heterocycles. The molecule has 0 bridgehead atoms. The van der Waals surface area contributed by atoms with Crippen molar-refractivity contribution in [2.75, 3.05) is 0 Å². The van der Waals surface area contributed by atoms with Crippen molar-refractivity contribution in [3.8, 4) is 0 Å². The van der Waals surface area contributed by atoms with Gasteiger partial charge in [0.1, 0.15) is 0 Å². The largest absolute Gasteiger partial charge is 0.390 e. The second kappa shape index (κ2) is 2.31. The third kappa shape index (κ3) is 0.869. The van der Waals surface area contributed by atoms with Crippen molar-refractivity contribution in [1.82, 2.24) is 0 Å². The average Bonchev–Trinajstić information content (AvgIpc) is 2.37. The molecule has 1 heteroatoms. The lowest BCUT2D eigenvalue weighted by Crippen LogP contribution is -2.59. The molecule has 0 heterocycles. The van der Waals surface area contributed by atoms with Crippen LogP contribution in [0.1, 0.15) is 51.9 Å². The van der Waals surface area contributed by atoms with Gasteiger partial charge in [0.2, 0.25) is 0 Å². The zero-order valence-electron chi connectivity index (χ0n) is 8.55. The SMILES string of the molecule is CC1(O)CC23CCCCC2CCC13. The van der Waals surface area contributed by atoms with E-state index in [0.717, 1.165) is 12.3 Å². The van der Waals surface area contributed by atoms with Crippen LogP contribution in [0.25, 0.3) is 0 Å². The third-order valence-electron chi connectivity index (χ3n) is 5.19. The van der Waals surface area contributed by atoms with Crippen LogP contribution in [0, 0.1) is 17.3 Å². The Labute approximate surface area is 80.5 Å². The molecular weight excluding hydrogens is 160 g/mol. The molecule has 3 aliphatic carbocycles. The molecule has 3 rings (SSSR count). The Morgan fingerprint density at radius 2 is 2.00 bits per heavy atom. The molecule has 0 aromatic carbocycles. The van der Waals surface area contributed by atoms with Gasteiger partial charge in [0.05, 0.1) is 5.60 Å². The second-order valence-electron chi connectivity index (χ2n) is 5.84. The maximum atomic E-state index is 10.1. The fourth-order valence-corrected chi connectivity index (χ4v) is 4.83. The summed E-state index contributed by atoms with van der Waals surface area (Å²) < 4.78 is 0. The molecule has 74 valence electrons. The molecule has 0 aromatic rings. The molecule has 1 spiro atoms. The summed E-state index contributed by atoms with van der Waals surface area (Å²) in [6.45, 7) is 2.06. The van der Waals surface area contributed by atoms with E-state index in [9.17, 15) is 5.11 Å². The van der Waals surface area contributed by atoms with E-state index in [1.165, 1.54) is 38.5 Å². The summed E-state index contributed by atoms with van der Waals surface area (Å²) in [6, 6.07) is 0. The van der Waals surface area contributed by atoms with E-state index in [-0.39, 0.29) is 5.60 Å². The average molecular weight is 180 g/mol. The Bertz CT molecular complexity index is 233. The van der Waals surface area contributed by atoms with E-state index < -0.39 is 0 Å². The Hall–Kier alpha value is -0.0400. The lowest BCUT2D eigenvalue weighted by Gasteiger charge is -2.60. The maximum Gasteiger partial charge on any atom is 0.0658 e. The van der Waals surface area contributed by atoms with Crippen LogP contribution in [0.3, 0.4) is 0 Å². The first-order chi connectivity index (χ1) is 6.15. The Balaban J connectivity index is 1.89. The van der Waals surface area contributed by atoms with Gasteiger partial charge >= 0.3 is 0 Å². The van der Waals surface area contributed by atoms with Crippen LogP contribution in [0.5, 0.6) is 0 Å². The molecule has 0 amide bonds. The first-order valence-corrected chi connectivity index (χ1v) is 5.88. The molecule has 3 saturated carbocycles. The van der Waals surface area contributed by atoms with Crippen molar-refractivity contribution in [3.05, 3.63) is 0 Å². The van der Waals surface area contributed by atoms with Gasteiger partial charge in [-0.1, -0.05) is 12.8 Å².